The molecule has 5 rings (SSSR count). The molecule has 2 atom stereocenters. The summed E-state index contributed by atoms with van der Waals surface area (Å²) in [7, 11) is 3.76. The Labute approximate surface area is 214 Å². The number of urea groups is 1. The lowest BCUT2D eigenvalue weighted by Crippen LogP contribution is -2.61. The molecule has 2 aromatic carbocycles. The van der Waals surface area contributed by atoms with Crippen molar-refractivity contribution in [2.75, 3.05) is 17.6 Å². The standard InChI is InChI=1S/C27H30N6O2S/c1-18-12-13-23-22(15-18)29-26(31(23)3)36-17-24(34)33(14-8-9-19(33)2)27(35)30-25-21(16-28-32(25)4)20-10-6-5-7-11-20/h5-7,10-13,15-16,19H,8-9,14,17H2,1-4H3/p+1/t19-,33?/m1/s1. The van der Waals surface area contributed by atoms with Crippen LogP contribution < -0.4 is 5.32 Å². The molecule has 8 nitrogen and oxygen atoms in total. The van der Waals surface area contributed by atoms with Crippen LogP contribution in [-0.4, -0.2) is 54.1 Å². The SMILES string of the molecule is Cc1ccc2c(c1)nc(SCC(=O)[N+]1(C(=O)Nc3c(-c4ccccc4)cnn3C)CCC[C@H]1C)n2C. The largest absolute Gasteiger partial charge is 0.429 e. The third kappa shape index (κ3) is 4.12. The zero-order valence-corrected chi connectivity index (χ0v) is 21.9. The first-order chi connectivity index (χ1) is 17.3. The van der Waals surface area contributed by atoms with E-state index in [2.05, 4.69) is 16.5 Å². The number of hydrogen-bond donors (Lipinski definition) is 1. The highest BCUT2D eigenvalue weighted by Crippen LogP contribution is 2.34. The summed E-state index contributed by atoms with van der Waals surface area (Å²) in [6.07, 6.45) is 3.40. The van der Waals surface area contributed by atoms with Crippen molar-refractivity contribution in [3.8, 4) is 11.1 Å². The molecule has 1 N–H and O–H groups in total. The average molecular weight is 504 g/mol. The summed E-state index contributed by atoms with van der Waals surface area (Å²) < 4.78 is 3.44. The van der Waals surface area contributed by atoms with E-state index < -0.39 is 0 Å². The topological polar surface area (TPSA) is 81.8 Å². The van der Waals surface area contributed by atoms with Crippen LogP contribution >= 0.6 is 11.8 Å². The molecular formula is C27H31N6O2S+. The molecular weight excluding hydrogens is 472 g/mol. The zero-order valence-electron chi connectivity index (χ0n) is 21.1. The van der Waals surface area contributed by atoms with Gasteiger partial charge in [-0.25, -0.2) is 14.6 Å². The molecule has 0 saturated carbocycles. The number of thioether (sulfide) groups is 1. The molecule has 0 spiro atoms. The van der Waals surface area contributed by atoms with E-state index in [0.717, 1.165) is 45.7 Å². The van der Waals surface area contributed by atoms with E-state index >= 15 is 0 Å². The first kappa shape index (κ1) is 24.3. The number of amides is 3. The van der Waals surface area contributed by atoms with Crippen LogP contribution in [0.15, 0.2) is 59.9 Å². The van der Waals surface area contributed by atoms with Gasteiger partial charge in [0.05, 0.1) is 23.8 Å². The van der Waals surface area contributed by atoms with Crippen LogP contribution in [0.25, 0.3) is 22.2 Å². The van der Waals surface area contributed by atoms with Crippen molar-refractivity contribution in [2.24, 2.45) is 14.1 Å². The summed E-state index contributed by atoms with van der Waals surface area (Å²) in [6, 6.07) is 15.6. The number of nitrogens with zero attached hydrogens (tertiary/aromatic N) is 5. The number of fused-ring (bicyclic) bond motifs is 1. The minimum atomic E-state index is -0.299. The van der Waals surface area contributed by atoms with Gasteiger partial charge in [-0.3, -0.25) is 10.00 Å². The number of quaternary nitrogens is 1. The maximum atomic E-state index is 13.8. The van der Waals surface area contributed by atoms with Gasteiger partial charge in [0.25, 0.3) is 0 Å². The maximum Gasteiger partial charge on any atom is 0.429 e. The van der Waals surface area contributed by atoms with Crippen LogP contribution in [0.4, 0.5) is 10.6 Å². The normalized spacial score (nSPS) is 19.6. The molecule has 1 aliphatic rings. The van der Waals surface area contributed by atoms with Crippen LogP contribution in [0, 0.1) is 6.92 Å². The fraction of sp³-hybridized carbons (Fsp3) is 0.333. The van der Waals surface area contributed by atoms with E-state index in [-0.39, 0.29) is 28.2 Å². The highest BCUT2D eigenvalue weighted by Gasteiger charge is 2.52. The molecule has 0 bridgehead atoms. The highest BCUT2D eigenvalue weighted by molar-refractivity contribution is 7.99. The summed E-state index contributed by atoms with van der Waals surface area (Å²) >= 11 is 1.39. The van der Waals surface area contributed by atoms with Gasteiger partial charge in [0, 0.05) is 32.5 Å². The Bertz CT molecular complexity index is 1440. The average Bonchev–Trinajstić information content (AvgIpc) is 3.53. The number of benzene rings is 2. The Morgan fingerprint density at radius 1 is 1.17 bits per heavy atom. The van der Waals surface area contributed by atoms with Gasteiger partial charge in [-0.15, -0.1) is 0 Å². The second-order valence-electron chi connectivity index (χ2n) is 9.54. The Morgan fingerprint density at radius 2 is 1.94 bits per heavy atom. The van der Waals surface area contributed by atoms with E-state index in [0.29, 0.717) is 12.4 Å². The van der Waals surface area contributed by atoms with Gasteiger partial charge in [0.15, 0.2) is 5.16 Å². The van der Waals surface area contributed by atoms with Crippen LogP contribution in [0.5, 0.6) is 0 Å². The molecule has 36 heavy (non-hydrogen) atoms. The second-order valence-corrected chi connectivity index (χ2v) is 10.5. The minimum absolute atomic E-state index is 0.102. The molecule has 2 aromatic heterocycles. The lowest BCUT2D eigenvalue weighted by molar-refractivity contribution is -0.781. The maximum absolute atomic E-state index is 13.8. The predicted molar refractivity (Wildman–Crippen MR) is 143 cm³/mol. The zero-order chi connectivity index (χ0) is 25.4. The number of rotatable bonds is 5. The van der Waals surface area contributed by atoms with Crippen molar-refractivity contribution < 1.29 is 14.1 Å². The number of anilines is 1. The van der Waals surface area contributed by atoms with Crippen molar-refractivity contribution in [1.29, 1.82) is 0 Å². The number of hydrogen-bond acceptors (Lipinski definition) is 5. The Kier molecular flexibility index (Phi) is 6.44. The van der Waals surface area contributed by atoms with E-state index in [4.69, 9.17) is 4.98 Å². The molecule has 3 amide bonds. The number of imidazole rings is 1. The van der Waals surface area contributed by atoms with Crippen molar-refractivity contribution in [3.63, 3.8) is 0 Å². The van der Waals surface area contributed by atoms with Gasteiger partial charge in [-0.1, -0.05) is 48.2 Å². The molecule has 3 heterocycles. The molecule has 0 aliphatic carbocycles. The Morgan fingerprint density at radius 3 is 2.67 bits per heavy atom. The summed E-state index contributed by atoms with van der Waals surface area (Å²) in [4.78, 5) is 32.4. The number of carbonyl (C=O) groups excluding carboxylic acids is 2. The molecule has 1 unspecified atom stereocenters. The van der Waals surface area contributed by atoms with Gasteiger partial charge >= 0.3 is 11.9 Å². The number of imide groups is 1. The van der Waals surface area contributed by atoms with Crippen LogP contribution in [0.3, 0.4) is 0 Å². The summed E-state index contributed by atoms with van der Waals surface area (Å²) in [5.41, 5.74) is 4.86. The van der Waals surface area contributed by atoms with Crippen LogP contribution in [-0.2, 0) is 18.9 Å². The van der Waals surface area contributed by atoms with E-state index in [1.54, 1.807) is 17.9 Å². The number of aromatic nitrogens is 4. The van der Waals surface area contributed by atoms with Gasteiger partial charge < -0.3 is 4.57 Å². The number of carbonyl (C=O) groups is 2. The van der Waals surface area contributed by atoms with E-state index in [1.165, 1.54) is 11.8 Å². The Hall–Kier alpha value is -3.43. The molecule has 4 aromatic rings. The van der Waals surface area contributed by atoms with Gasteiger partial charge in [-0.2, -0.15) is 9.58 Å². The number of nitrogens with one attached hydrogen (secondary N) is 1. The van der Waals surface area contributed by atoms with E-state index in [9.17, 15) is 9.59 Å². The molecule has 186 valence electrons. The molecule has 0 radical (unpaired) electrons. The fourth-order valence-corrected chi connectivity index (χ4v) is 6.07. The first-order valence-corrected chi connectivity index (χ1v) is 13.2. The smallest absolute Gasteiger partial charge is 0.322 e. The van der Waals surface area contributed by atoms with Gasteiger partial charge in [-0.05, 0) is 37.1 Å². The number of likely N-dealkylation sites (tertiary alicyclic amines) is 1. The number of aryl methyl sites for hydroxylation is 3. The fourth-order valence-electron chi connectivity index (χ4n) is 5.14. The molecule has 1 aliphatic heterocycles. The van der Waals surface area contributed by atoms with E-state index in [1.807, 2.05) is 67.9 Å². The lowest BCUT2D eigenvalue weighted by atomic mass is 10.1. The second kappa shape index (κ2) is 9.55. The Balaban J connectivity index is 1.40. The quantitative estimate of drug-likeness (QED) is 0.302. The summed E-state index contributed by atoms with van der Waals surface area (Å²) in [5, 5.41) is 8.21. The third-order valence-corrected chi connectivity index (χ3v) is 8.28. The molecule has 1 saturated heterocycles. The van der Waals surface area contributed by atoms with Gasteiger partial charge in [0.1, 0.15) is 17.6 Å². The summed E-state index contributed by atoms with van der Waals surface area (Å²) in [5.74, 6) is 0.660. The first-order valence-electron chi connectivity index (χ1n) is 12.2. The van der Waals surface area contributed by atoms with Crippen LogP contribution in [0.2, 0.25) is 0 Å². The summed E-state index contributed by atoms with van der Waals surface area (Å²) in [6.45, 7) is 4.53. The third-order valence-electron chi connectivity index (χ3n) is 7.26. The van der Waals surface area contributed by atoms with Gasteiger partial charge in [0.2, 0.25) is 0 Å². The lowest BCUT2D eigenvalue weighted by Gasteiger charge is -2.32. The molecule has 9 heteroatoms. The highest BCUT2D eigenvalue weighted by atomic mass is 32.2. The minimum Gasteiger partial charge on any atom is -0.322 e. The predicted octanol–water partition coefficient (Wildman–Crippen LogP) is 5.13. The van der Waals surface area contributed by atoms with Crippen molar-refractivity contribution >= 4 is 40.6 Å². The van der Waals surface area contributed by atoms with Crippen molar-refractivity contribution in [3.05, 3.63) is 60.3 Å². The van der Waals surface area contributed by atoms with Crippen LogP contribution in [0.1, 0.15) is 25.3 Å². The molecule has 1 fully saturated rings. The van der Waals surface area contributed by atoms with Crippen molar-refractivity contribution in [1.82, 2.24) is 19.3 Å². The monoisotopic (exact) mass is 503 g/mol. The van der Waals surface area contributed by atoms with Crippen molar-refractivity contribution in [2.45, 2.75) is 37.9 Å².